The molecule has 0 spiro atoms. The normalized spacial score (nSPS) is 11.1. The summed E-state index contributed by atoms with van der Waals surface area (Å²) in [6.45, 7) is 0. The van der Waals surface area contributed by atoms with Crippen LogP contribution in [-0.2, 0) is 20.4 Å². The SMILES string of the molecule is O=C(CCS(=O)(=O)Cc1ccccc1)Nc1ccccc1F. The number of carbonyl (C=O) groups excluding carboxylic acids is 1. The molecule has 0 bridgehead atoms. The van der Waals surface area contributed by atoms with E-state index in [0.717, 1.165) is 0 Å². The third-order valence-electron chi connectivity index (χ3n) is 3.02. The fraction of sp³-hybridized carbons (Fsp3) is 0.188. The number of anilines is 1. The van der Waals surface area contributed by atoms with Gasteiger partial charge >= 0.3 is 0 Å². The fourth-order valence-corrected chi connectivity index (χ4v) is 3.26. The zero-order chi connectivity index (χ0) is 16.0. The largest absolute Gasteiger partial charge is 0.324 e. The van der Waals surface area contributed by atoms with Gasteiger partial charge in [0.2, 0.25) is 5.91 Å². The van der Waals surface area contributed by atoms with Crippen molar-refractivity contribution in [2.45, 2.75) is 12.2 Å². The number of para-hydroxylation sites is 1. The average molecular weight is 321 g/mol. The van der Waals surface area contributed by atoms with Crippen molar-refractivity contribution in [3.63, 3.8) is 0 Å². The monoisotopic (exact) mass is 321 g/mol. The number of benzene rings is 2. The molecule has 0 atom stereocenters. The van der Waals surface area contributed by atoms with E-state index in [0.29, 0.717) is 5.56 Å². The lowest BCUT2D eigenvalue weighted by Gasteiger charge is -2.07. The Kier molecular flexibility index (Phi) is 5.27. The predicted octanol–water partition coefficient (Wildman–Crippen LogP) is 2.77. The molecule has 0 aliphatic carbocycles. The number of carbonyl (C=O) groups is 1. The molecule has 2 aromatic rings. The van der Waals surface area contributed by atoms with Gasteiger partial charge in [-0.05, 0) is 17.7 Å². The van der Waals surface area contributed by atoms with Crippen molar-refractivity contribution >= 4 is 21.4 Å². The standard InChI is InChI=1S/C16H16FNO3S/c17-14-8-4-5-9-15(14)18-16(19)10-11-22(20,21)12-13-6-2-1-3-7-13/h1-9H,10-12H2,(H,18,19). The number of hydrogen-bond donors (Lipinski definition) is 1. The van der Waals surface area contributed by atoms with Crippen LogP contribution in [0.5, 0.6) is 0 Å². The molecule has 0 radical (unpaired) electrons. The minimum Gasteiger partial charge on any atom is -0.324 e. The van der Waals surface area contributed by atoms with E-state index in [2.05, 4.69) is 5.32 Å². The summed E-state index contributed by atoms with van der Waals surface area (Å²) in [5, 5.41) is 2.37. The van der Waals surface area contributed by atoms with Gasteiger partial charge in [0.05, 0.1) is 17.2 Å². The van der Waals surface area contributed by atoms with Crippen LogP contribution in [0.1, 0.15) is 12.0 Å². The molecule has 1 amide bonds. The molecule has 0 saturated carbocycles. The van der Waals surface area contributed by atoms with E-state index in [9.17, 15) is 17.6 Å². The van der Waals surface area contributed by atoms with Crippen LogP contribution >= 0.6 is 0 Å². The van der Waals surface area contributed by atoms with Gasteiger partial charge in [-0.15, -0.1) is 0 Å². The summed E-state index contributed by atoms with van der Waals surface area (Å²) in [5.74, 6) is -1.46. The van der Waals surface area contributed by atoms with Crippen molar-refractivity contribution in [3.8, 4) is 0 Å². The van der Waals surface area contributed by atoms with E-state index in [1.807, 2.05) is 0 Å². The first-order valence-electron chi connectivity index (χ1n) is 6.75. The summed E-state index contributed by atoms with van der Waals surface area (Å²) in [4.78, 5) is 11.7. The number of hydrogen-bond acceptors (Lipinski definition) is 3. The molecule has 2 aromatic carbocycles. The zero-order valence-corrected chi connectivity index (χ0v) is 12.6. The molecule has 0 fully saturated rings. The van der Waals surface area contributed by atoms with Gasteiger partial charge in [0.1, 0.15) is 5.82 Å². The maximum atomic E-state index is 13.4. The quantitative estimate of drug-likeness (QED) is 0.890. The number of halogens is 1. The zero-order valence-electron chi connectivity index (χ0n) is 11.8. The maximum Gasteiger partial charge on any atom is 0.225 e. The maximum absolute atomic E-state index is 13.4. The number of sulfone groups is 1. The molecule has 6 heteroatoms. The molecule has 116 valence electrons. The van der Waals surface area contributed by atoms with Crippen molar-refractivity contribution in [1.29, 1.82) is 0 Å². The number of amides is 1. The van der Waals surface area contributed by atoms with Crippen molar-refractivity contribution in [2.75, 3.05) is 11.1 Å². The van der Waals surface area contributed by atoms with Crippen LogP contribution < -0.4 is 5.32 Å². The Bertz CT molecular complexity index is 745. The van der Waals surface area contributed by atoms with Gasteiger partial charge in [-0.1, -0.05) is 42.5 Å². The van der Waals surface area contributed by atoms with Gasteiger partial charge in [-0.2, -0.15) is 0 Å². The second-order valence-electron chi connectivity index (χ2n) is 4.86. The Morgan fingerprint density at radius 3 is 2.32 bits per heavy atom. The summed E-state index contributed by atoms with van der Waals surface area (Å²) in [6.07, 6.45) is -0.205. The van der Waals surface area contributed by atoms with Gasteiger partial charge in [-0.3, -0.25) is 4.79 Å². The Labute approximate surface area is 128 Å². The van der Waals surface area contributed by atoms with E-state index < -0.39 is 21.6 Å². The number of rotatable bonds is 6. The Morgan fingerprint density at radius 2 is 1.64 bits per heavy atom. The molecule has 0 aliphatic rings. The first kappa shape index (κ1) is 16.2. The highest BCUT2D eigenvalue weighted by atomic mass is 32.2. The summed E-state index contributed by atoms with van der Waals surface area (Å²) in [6, 6.07) is 14.5. The lowest BCUT2D eigenvalue weighted by Crippen LogP contribution is -2.18. The predicted molar refractivity (Wildman–Crippen MR) is 83.6 cm³/mol. The average Bonchev–Trinajstić information content (AvgIpc) is 2.48. The Hall–Kier alpha value is -2.21. The van der Waals surface area contributed by atoms with Crippen molar-refractivity contribution < 1.29 is 17.6 Å². The molecule has 2 rings (SSSR count). The van der Waals surface area contributed by atoms with Crippen molar-refractivity contribution in [1.82, 2.24) is 0 Å². The third-order valence-corrected chi connectivity index (χ3v) is 4.62. The van der Waals surface area contributed by atoms with Crippen LogP contribution in [0.4, 0.5) is 10.1 Å². The van der Waals surface area contributed by atoms with Gasteiger partial charge < -0.3 is 5.32 Å². The Balaban J connectivity index is 1.89. The van der Waals surface area contributed by atoms with Gasteiger partial charge in [0.15, 0.2) is 9.84 Å². The fourth-order valence-electron chi connectivity index (χ4n) is 1.92. The molecule has 0 saturated heterocycles. The summed E-state index contributed by atoms with van der Waals surface area (Å²) >= 11 is 0. The molecular weight excluding hydrogens is 305 g/mol. The summed E-state index contributed by atoms with van der Waals surface area (Å²) in [7, 11) is -3.39. The van der Waals surface area contributed by atoms with E-state index in [1.54, 1.807) is 36.4 Å². The third kappa shape index (κ3) is 4.96. The van der Waals surface area contributed by atoms with Crippen LogP contribution in [-0.4, -0.2) is 20.1 Å². The second kappa shape index (κ2) is 7.17. The molecule has 4 nitrogen and oxygen atoms in total. The molecule has 22 heavy (non-hydrogen) atoms. The molecule has 0 unspecified atom stereocenters. The lowest BCUT2D eigenvalue weighted by atomic mass is 10.2. The molecule has 0 aromatic heterocycles. The highest BCUT2D eigenvalue weighted by molar-refractivity contribution is 7.90. The van der Waals surface area contributed by atoms with Crippen LogP contribution in [0.2, 0.25) is 0 Å². The topological polar surface area (TPSA) is 63.2 Å². The van der Waals surface area contributed by atoms with Crippen LogP contribution in [0, 0.1) is 5.82 Å². The molecular formula is C16H16FNO3S. The summed E-state index contributed by atoms with van der Waals surface area (Å²) in [5.41, 5.74) is 0.727. The van der Waals surface area contributed by atoms with Crippen LogP contribution in [0.15, 0.2) is 54.6 Å². The van der Waals surface area contributed by atoms with Crippen LogP contribution in [0.25, 0.3) is 0 Å². The molecule has 1 N–H and O–H groups in total. The van der Waals surface area contributed by atoms with Gasteiger partial charge in [0, 0.05) is 6.42 Å². The number of nitrogens with one attached hydrogen (secondary N) is 1. The van der Waals surface area contributed by atoms with Gasteiger partial charge in [-0.25, -0.2) is 12.8 Å². The minimum atomic E-state index is -3.39. The van der Waals surface area contributed by atoms with E-state index in [1.165, 1.54) is 18.2 Å². The van der Waals surface area contributed by atoms with Crippen molar-refractivity contribution in [3.05, 3.63) is 66.0 Å². The van der Waals surface area contributed by atoms with Crippen molar-refractivity contribution in [2.24, 2.45) is 0 Å². The molecule has 0 heterocycles. The first-order valence-corrected chi connectivity index (χ1v) is 8.57. The van der Waals surface area contributed by atoms with E-state index in [-0.39, 0.29) is 23.6 Å². The first-order chi connectivity index (χ1) is 10.5. The van der Waals surface area contributed by atoms with E-state index in [4.69, 9.17) is 0 Å². The smallest absolute Gasteiger partial charge is 0.225 e. The summed E-state index contributed by atoms with van der Waals surface area (Å²) < 4.78 is 37.3. The molecule has 0 aliphatic heterocycles. The van der Waals surface area contributed by atoms with E-state index >= 15 is 0 Å². The lowest BCUT2D eigenvalue weighted by molar-refractivity contribution is -0.115. The second-order valence-corrected chi connectivity index (χ2v) is 7.04. The minimum absolute atomic E-state index is 0.0490. The van der Waals surface area contributed by atoms with Crippen LogP contribution in [0.3, 0.4) is 0 Å². The highest BCUT2D eigenvalue weighted by Gasteiger charge is 2.15. The van der Waals surface area contributed by atoms with Gasteiger partial charge in [0.25, 0.3) is 0 Å². The highest BCUT2D eigenvalue weighted by Crippen LogP contribution is 2.13. The Morgan fingerprint density at radius 1 is 1.00 bits per heavy atom.